The van der Waals surface area contributed by atoms with Gasteiger partial charge < -0.3 is 24.4 Å². The number of urea groups is 1. The lowest BCUT2D eigenvalue weighted by atomic mass is 10.2. The minimum Gasteiger partial charge on any atom is -0.487 e. The van der Waals surface area contributed by atoms with Crippen LogP contribution in [0.5, 0.6) is 5.75 Å². The van der Waals surface area contributed by atoms with E-state index in [1.54, 1.807) is 6.26 Å². The molecule has 0 radical (unpaired) electrons. The molecule has 0 spiro atoms. The number of nitrogens with one attached hydrogen (secondary N) is 2. The Hall–Kier alpha value is -2.96. The highest BCUT2D eigenvalue weighted by atomic mass is 16.5. The normalized spacial score (nSPS) is 14.2. The van der Waals surface area contributed by atoms with Crippen LogP contribution >= 0.6 is 0 Å². The molecule has 2 N–H and O–H groups in total. The van der Waals surface area contributed by atoms with Crippen LogP contribution in [-0.2, 0) is 13.2 Å². The molecule has 0 atom stereocenters. The van der Waals surface area contributed by atoms with Gasteiger partial charge in [0.2, 0.25) is 0 Å². The molecular formula is C18H20N4O3. The lowest BCUT2D eigenvalue weighted by Gasteiger charge is -2.15. The second-order valence-corrected chi connectivity index (χ2v) is 6.16. The zero-order chi connectivity index (χ0) is 17.1. The number of oxazole rings is 1. The number of likely N-dealkylation sites (tertiary alicyclic amines) is 1. The third-order valence-corrected chi connectivity index (χ3v) is 4.34. The molecule has 3 heterocycles. The Morgan fingerprint density at radius 2 is 2.20 bits per heavy atom. The maximum absolute atomic E-state index is 12.1. The van der Waals surface area contributed by atoms with Gasteiger partial charge in [-0.1, -0.05) is 0 Å². The number of ether oxygens (including phenoxy) is 1. The van der Waals surface area contributed by atoms with Gasteiger partial charge in [0, 0.05) is 30.4 Å². The van der Waals surface area contributed by atoms with Crippen LogP contribution in [0.15, 0.2) is 41.3 Å². The summed E-state index contributed by atoms with van der Waals surface area (Å²) in [6, 6.07) is 7.91. The monoisotopic (exact) mass is 340 g/mol. The van der Waals surface area contributed by atoms with E-state index in [-0.39, 0.29) is 6.03 Å². The number of rotatable bonds is 5. The molecular weight excluding hydrogens is 320 g/mol. The van der Waals surface area contributed by atoms with Gasteiger partial charge in [-0.2, -0.15) is 0 Å². The first-order valence-electron chi connectivity index (χ1n) is 8.42. The van der Waals surface area contributed by atoms with E-state index in [1.807, 2.05) is 29.2 Å². The van der Waals surface area contributed by atoms with E-state index in [1.165, 1.54) is 6.39 Å². The Bertz CT molecular complexity index is 850. The fraction of sp³-hybridized carbons (Fsp3) is 0.333. The molecule has 0 aliphatic carbocycles. The molecule has 4 rings (SSSR count). The Kier molecular flexibility index (Phi) is 4.28. The number of fused-ring (bicyclic) bond motifs is 1. The van der Waals surface area contributed by atoms with Crippen LogP contribution in [0.3, 0.4) is 0 Å². The Labute approximate surface area is 145 Å². The van der Waals surface area contributed by atoms with E-state index in [9.17, 15) is 4.79 Å². The minimum atomic E-state index is 0.00721. The van der Waals surface area contributed by atoms with Gasteiger partial charge in [0.1, 0.15) is 24.3 Å². The van der Waals surface area contributed by atoms with Gasteiger partial charge in [-0.3, -0.25) is 0 Å². The zero-order valence-corrected chi connectivity index (χ0v) is 13.8. The lowest BCUT2D eigenvalue weighted by molar-refractivity contribution is 0.208. The average molecular weight is 340 g/mol. The zero-order valence-electron chi connectivity index (χ0n) is 13.8. The quantitative estimate of drug-likeness (QED) is 0.748. The van der Waals surface area contributed by atoms with E-state index in [4.69, 9.17) is 9.15 Å². The average Bonchev–Trinajstić information content (AvgIpc) is 3.38. The van der Waals surface area contributed by atoms with Crippen molar-refractivity contribution >= 4 is 16.9 Å². The van der Waals surface area contributed by atoms with E-state index >= 15 is 0 Å². The maximum Gasteiger partial charge on any atom is 0.317 e. The van der Waals surface area contributed by atoms with Gasteiger partial charge in [0.15, 0.2) is 6.39 Å². The fourth-order valence-electron chi connectivity index (χ4n) is 3.02. The van der Waals surface area contributed by atoms with Crippen LogP contribution in [0.4, 0.5) is 4.79 Å². The fourth-order valence-corrected chi connectivity index (χ4v) is 3.02. The van der Waals surface area contributed by atoms with Crippen molar-refractivity contribution in [2.75, 3.05) is 13.1 Å². The number of benzene rings is 1. The van der Waals surface area contributed by atoms with Gasteiger partial charge in [-0.05, 0) is 36.4 Å². The summed E-state index contributed by atoms with van der Waals surface area (Å²) in [6.45, 7) is 2.55. The van der Waals surface area contributed by atoms with E-state index in [0.29, 0.717) is 13.2 Å². The Morgan fingerprint density at radius 3 is 3.00 bits per heavy atom. The summed E-state index contributed by atoms with van der Waals surface area (Å²) >= 11 is 0. The molecule has 2 amide bonds. The van der Waals surface area contributed by atoms with Crippen molar-refractivity contribution in [1.29, 1.82) is 0 Å². The molecule has 3 aromatic rings. The molecule has 0 unspecified atom stereocenters. The second-order valence-electron chi connectivity index (χ2n) is 6.16. The standard InChI is InChI=1S/C18H20N4O3/c23-18(22-5-1-2-6-22)19-9-14-7-13-3-4-16(8-17(13)21-14)25-11-15-10-24-12-20-15/h3-4,7-8,10,12,21H,1-2,5-6,9,11H2,(H,19,23). The van der Waals surface area contributed by atoms with Crippen molar-refractivity contribution in [3.63, 3.8) is 0 Å². The van der Waals surface area contributed by atoms with Crippen LogP contribution in [0.1, 0.15) is 24.2 Å². The first-order valence-corrected chi connectivity index (χ1v) is 8.42. The molecule has 7 nitrogen and oxygen atoms in total. The number of carbonyl (C=O) groups excluding carboxylic acids is 1. The highest BCUT2D eigenvalue weighted by Crippen LogP contribution is 2.22. The molecule has 25 heavy (non-hydrogen) atoms. The van der Waals surface area contributed by atoms with Gasteiger partial charge in [-0.25, -0.2) is 9.78 Å². The smallest absolute Gasteiger partial charge is 0.317 e. The molecule has 1 aliphatic heterocycles. The van der Waals surface area contributed by atoms with E-state index < -0.39 is 0 Å². The lowest BCUT2D eigenvalue weighted by Crippen LogP contribution is -2.37. The second kappa shape index (κ2) is 6.88. The predicted octanol–water partition coefficient (Wildman–Crippen LogP) is 3.04. The van der Waals surface area contributed by atoms with E-state index in [0.717, 1.165) is 54.0 Å². The molecule has 1 aliphatic rings. The van der Waals surface area contributed by atoms with Crippen LogP contribution in [-0.4, -0.2) is 34.0 Å². The van der Waals surface area contributed by atoms with Crippen LogP contribution in [0.2, 0.25) is 0 Å². The maximum atomic E-state index is 12.1. The number of aromatic amines is 1. The molecule has 0 saturated carbocycles. The van der Waals surface area contributed by atoms with Gasteiger partial charge in [0.25, 0.3) is 0 Å². The molecule has 7 heteroatoms. The minimum absolute atomic E-state index is 0.00721. The van der Waals surface area contributed by atoms with Crippen LogP contribution < -0.4 is 10.1 Å². The molecule has 2 aromatic heterocycles. The van der Waals surface area contributed by atoms with Crippen molar-refractivity contribution in [2.45, 2.75) is 26.0 Å². The molecule has 1 saturated heterocycles. The first-order chi connectivity index (χ1) is 12.3. The number of hydrogen-bond donors (Lipinski definition) is 2. The topological polar surface area (TPSA) is 83.4 Å². The van der Waals surface area contributed by atoms with E-state index in [2.05, 4.69) is 15.3 Å². The number of H-pyrrole nitrogens is 1. The summed E-state index contributed by atoms with van der Waals surface area (Å²) in [4.78, 5) is 21.3. The number of nitrogens with zero attached hydrogens (tertiary/aromatic N) is 2. The number of hydrogen-bond acceptors (Lipinski definition) is 4. The third-order valence-electron chi connectivity index (χ3n) is 4.34. The van der Waals surface area contributed by atoms with Gasteiger partial charge in [0.05, 0.1) is 6.54 Å². The summed E-state index contributed by atoms with van der Waals surface area (Å²) in [7, 11) is 0. The predicted molar refractivity (Wildman–Crippen MR) is 92.2 cm³/mol. The van der Waals surface area contributed by atoms with Crippen molar-refractivity contribution < 1.29 is 13.9 Å². The summed E-state index contributed by atoms with van der Waals surface area (Å²) in [6.07, 6.45) is 5.14. The molecule has 0 bridgehead atoms. The van der Waals surface area contributed by atoms with Crippen molar-refractivity contribution in [2.24, 2.45) is 0 Å². The third kappa shape index (κ3) is 3.60. The van der Waals surface area contributed by atoms with Crippen molar-refractivity contribution in [3.8, 4) is 5.75 Å². The Balaban J connectivity index is 1.38. The largest absolute Gasteiger partial charge is 0.487 e. The number of carbonyl (C=O) groups is 1. The van der Waals surface area contributed by atoms with Gasteiger partial charge in [-0.15, -0.1) is 0 Å². The summed E-state index contributed by atoms with van der Waals surface area (Å²) in [5.74, 6) is 0.755. The molecule has 1 fully saturated rings. The molecule has 130 valence electrons. The highest BCUT2D eigenvalue weighted by molar-refractivity contribution is 5.82. The van der Waals surface area contributed by atoms with Gasteiger partial charge >= 0.3 is 6.03 Å². The summed E-state index contributed by atoms with van der Waals surface area (Å²) < 4.78 is 10.6. The van der Waals surface area contributed by atoms with Crippen LogP contribution in [0, 0.1) is 0 Å². The molecule has 1 aromatic carbocycles. The van der Waals surface area contributed by atoms with Crippen molar-refractivity contribution in [1.82, 2.24) is 20.2 Å². The SMILES string of the molecule is O=C(NCc1cc2ccc(OCc3cocn3)cc2[nH]1)N1CCCC1. The number of amides is 2. The highest BCUT2D eigenvalue weighted by Gasteiger charge is 2.17. The Morgan fingerprint density at radius 1 is 1.32 bits per heavy atom. The first kappa shape index (κ1) is 15.6. The van der Waals surface area contributed by atoms with Crippen LogP contribution in [0.25, 0.3) is 10.9 Å². The summed E-state index contributed by atoms with van der Waals surface area (Å²) in [5.41, 5.74) is 2.69. The van der Waals surface area contributed by atoms with Crippen molar-refractivity contribution in [3.05, 3.63) is 48.3 Å². The summed E-state index contributed by atoms with van der Waals surface area (Å²) in [5, 5.41) is 4.05. The number of aromatic nitrogens is 2.